The second-order valence-electron chi connectivity index (χ2n) is 8.58. The fourth-order valence-corrected chi connectivity index (χ4v) is 4.85. The molecule has 0 fully saturated rings. The number of ether oxygens (including phenoxy) is 1. The van der Waals surface area contributed by atoms with Gasteiger partial charge in [-0.15, -0.1) is 0 Å². The third-order valence-electron chi connectivity index (χ3n) is 5.84. The molecule has 3 aromatic carbocycles. The van der Waals surface area contributed by atoms with Crippen molar-refractivity contribution < 1.29 is 22.7 Å². The van der Waals surface area contributed by atoms with E-state index >= 15 is 0 Å². The van der Waals surface area contributed by atoms with Crippen LogP contribution in [0.1, 0.15) is 18.1 Å². The summed E-state index contributed by atoms with van der Waals surface area (Å²) in [5.74, 6) is -0.337. The second kappa shape index (κ2) is 12.9. The molecule has 0 bridgehead atoms. The minimum atomic E-state index is -3.83. The number of hydrogen-bond donors (Lipinski definition) is 1. The zero-order chi connectivity index (χ0) is 26.8. The molecule has 0 aliphatic rings. The van der Waals surface area contributed by atoms with Crippen LogP contribution in [0.4, 0.5) is 5.69 Å². The molecule has 0 saturated heterocycles. The van der Waals surface area contributed by atoms with E-state index in [0.29, 0.717) is 18.0 Å². The summed E-state index contributed by atoms with van der Waals surface area (Å²) < 4.78 is 31.8. The highest BCUT2D eigenvalue weighted by Gasteiger charge is 2.32. The first-order valence-corrected chi connectivity index (χ1v) is 13.8. The van der Waals surface area contributed by atoms with Crippen molar-refractivity contribution in [3.05, 3.63) is 96.1 Å². The number of methoxy groups -OCH3 is 1. The first-order valence-electron chi connectivity index (χ1n) is 12.0. The van der Waals surface area contributed by atoms with Gasteiger partial charge in [-0.1, -0.05) is 66.7 Å². The maximum absolute atomic E-state index is 13.9. The Hall–Kier alpha value is -3.85. The van der Waals surface area contributed by atoms with E-state index in [1.54, 1.807) is 24.3 Å². The summed E-state index contributed by atoms with van der Waals surface area (Å²) in [6.45, 7) is 1.89. The number of sulfonamides is 1. The summed E-state index contributed by atoms with van der Waals surface area (Å²) >= 11 is 0. The summed E-state index contributed by atoms with van der Waals surface area (Å²) in [5, 5.41) is 2.84. The minimum absolute atomic E-state index is 0.143. The molecule has 0 unspecified atom stereocenters. The summed E-state index contributed by atoms with van der Waals surface area (Å²) in [4.78, 5) is 28.6. The number of carbonyl (C=O) groups excluding carboxylic acids is 2. The van der Waals surface area contributed by atoms with Gasteiger partial charge in [-0.2, -0.15) is 0 Å². The van der Waals surface area contributed by atoms with Crippen molar-refractivity contribution >= 4 is 27.5 Å². The maximum Gasteiger partial charge on any atom is 0.244 e. The van der Waals surface area contributed by atoms with Gasteiger partial charge in [0.1, 0.15) is 18.3 Å². The quantitative estimate of drug-likeness (QED) is 0.393. The predicted octanol–water partition coefficient (Wildman–Crippen LogP) is 3.24. The van der Waals surface area contributed by atoms with Crippen LogP contribution in [0.25, 0.3) is 0 Å². The van der Waals surface area contributed by atoms with Gasteiger partial charge in [0.2, 0.25) is 21.8 Å². The van der Waals surface area contributed by atoms with E-state index in [-0.39, 0.29) is 18.9 Å². The first kappa shape index (κ1) is 27.7. The largest absolute Gasteiger partial charge is 0.497 e. The Balaban J connectivity index is 2.02. The van der Waals surface area contributed by atoms with Crippen molar-refractivity contribution in [1.29, 1.82) is 0 Å². The highest BCUT2D eigenvalue weighted by molar-refractivity contribution is 7.92. The number of anilines is 1. The van der Waals surface area contributed by atoms with Gasteiger partial charge >= 0.3 is 0 Å². The van der Waals surface area contributed by atoms with Crippen LogP contribution in [0.5, 0.6) is 5.75 Å². The molecule has 0 aliphatic heterocycles. The van der Waals surface area contributed by atoms with Crippen LogP contribution < -0.4 is 14.4 Å². The van der Waals surface area contributed by atoms with Gasteiger partial charge in [0.15, 0.2) is 0 Å². The van der Waals surface area contributed by atoms with E-state index in [4.69, 9.17) is 4.74 Å². The van der Waals surface area contributed by atoms with E-state index in [1.165, 1.54) is 12.0 Å². The standard InChI is InChI=1S/C28H33N3O5S/c1-4-29-28(33)26(18-22-12-7-5-8-13-22)30(20-23-14-9-6-10-15-23)27(32)21-31(37(3,34)35)24-16-11-17-25(19-24)36-2/h5-17,19,26H,4,18,20-21H2,1-3H3,(H,29,33)/t26-/m0/s1. The Morgan fingerprint density at radius 1 is 0.919 bits per heavy atom. The van der Waals surface area contributed by atoms with Gasteiger partial charge in [-0.3, -0.25) is 13.9 Å². The summed E-state index contributed by atoms with van der Waals surface area (Å²) in [6, 6.07) is 24.4. The van der Waals surface area contributed by atoms with Gasteiger partial charge in [0.05, 0.1) is 19.1 Å². The van der Waals surface area contributed by atoms with Crippen molar-refractivity contribution in [3.63, 3.8) is 0 Å². The fraction of sp³-hybridized carbons (Fsp3) is 0.286. The van der Waals surface area contributed by atoms with Crippen molar-refractivity contribution in [3.8, 4) is 5.75 Å². The van der Waals surface area contributed by atoms with Crippen molar-refractivity contribution in [2.45, 2.75) is 25.9 Å². The lowest BCUT2D eigenvalue weighted by Crippen LogP contribution is -2.53. The molecule has 8 nitrogen and oxygen atoms in total. The van der Waals surface area contributed by atoms with E-state index in [0.717, 1.165) is 21.7 Å². The normalized spacial score (nSPS) is 11.9. The average Bonchev–Trinajstić information content (AvgIpc) is 2.89. The zero-order valence-electron chi connectivity index (χ0n) is 21.3. The van der Waals surface area contributed by atoms with E-state index in [2.05, 4.69) is 5.32 Å². The lowest BCUT2D eigenvalue weighted by atomic mass is 10.0. The number of likely N-dealkylation sites (N-methyl/N-ethyl adjacent to an activating group) is 1. The van der Waals surface area contributed by atoms with Crippen LogP contribution >= 0.6 is 0 Å². The Labute approximate surface area is 218 Å². The number of benzene rings is 3. The van der Waals surface area contributed by atoms with Crippen LogP contribution in [-0.2, 0) is 32.6 Å². The van der Waals surface area contributed by atoms with Crippen molar-refractivity contribution in [2.24, 2.45) is 0 Å². The number of amides is 2. The first-order chi connectivity index (χ1) is 17.7. The number of nitrogens with zero attached hydrogens (tertiary/aromatic N) is 2. The number of rotatable bonds is 12. The van der Waals surface area contributed by atoms with Crippen LogP contribution in [0.15, 0.2) is 84.9 Å². The van der Waals surface area contributed by atoms with E-state index in [1.807, 2.05) is 67.6 Å². The van der Waals surface area contributed by atoms with Gasteiger partial charge < -0.3 is 15.0 Å². The van der Waals surface area contributed by atoms with Gasteiger partial charge in [0, 0.05) is 25.6 Å². The Morgan fingerprint density at radius 2 is 1.54 bits per heavy atom. The van der Waals surface area contributed by atoms with Gasteiger partial charge in [0.25, 0.3) is 0 Å². The number of nitrogens with one attached hydrogen (secondary N) is 1. The molecule has 196 valence electrons. The average molecular weight is 524 g/mol. The van der Waals surface area contributed by atoms with Crippen molar-refractivity contribution in [2.75, 3.05) is 30.8 Å². The SMILES string of the molecule is CCNC(=O)[C@H](Cc1ccccc1)N(Cc1ccccc1)C(=O)CN(c1cccc(OC)c1)S(C)(=O)=O. The summed E-state index contributed by atoms with van der Waals surface area (Å²) in [5.41, 5.74) is 2.01. The molecular formula is C28H33N3O5S. The molecule has 0 aromatic heterocycles. The Morgan fingerprint density at radius 3 is 2.11 bits per heavy atom. The number of carbonyl (C=O) groups is 2. The van der Waals surface area contributed by atoms with Gasteiger partial charge in [-0.25, -0.2) is 8.42 Å². The molecule has 0 aliphatic carbocycles. The molecule has 0 saturated carbocycles. The van der Waals surface area contributed by atoms with Crippen LogP contribution in [0.2, 0.25) is 0 Å². The topological polar surface area (TPSA) is 96.0 Å². The molecule has 2 amide bonds. The van der Waals surface area contributed by atoms with E-state index < -0.39 is 28.5 Å². The highest BCUT2D eigenvalue weighted by Crippen LogP contribution is 2.24. The summed E-state index contributed by atoms with van der Waals surface area (Å²) in [7, 11) is -2.35. The zero-order valence-corrected chi connectivity index (χ0v) is 22.1. The molecule has 0 radical (unpaired) electrons. The monoisotopic (exact) mass is 523 g/mol. The molecule has 3 aromatic rings. The fourth-order valence-electron chi connectivity index (χ4n) is 4.01. The second-order valence-corrected chi connectivity index (χ2v) is 10.5. The Bertz CT molecular complexity index is 1280. The third-order valence-corrected chi connectivity index (χ3v) is 6.98. The lowest BCUT2D eigenvalue weighted by Gasteiger charge is -2.33. The smallest absolute Gasteiger partial charge is 0.244 e. The maximum atomic E-state index is 13.9. The molecule has 1 atom stereocenters. The van der Waals surface area contributed by atoms with E-state index in [9.17, 15) is 18.0 Å². The molecular weight excluding hydrogens is 490 g/mol. The van der Waals surface area contributed by atoms with Gasteiger partial charge in [-0.05, 0) is 30.2 Å². The molecule has 0 heterocycles. The Kier molecular flexibility index (Phi) is 9.68. The highest BCUT2D eigenvalue weighted by atomic mass is 32.2. The van der Waals surface area contributed by atoms with Crippen LogP contribution in [0, 0.1) is 0 Å². The third kappa shape index (κ3) is 7.82. The molecule has 37 heavy (non-hydrogen) atoms. The molecule has 0 spiro atoms. The predicted molar refractivity (Wildman–Crippen MR) is 145 cm³/mol. The molecule has 1 N–H and O–H groups in total. The summed E-state index contributed by atoms with van der Waals surface area (Å²) in [6.07, 6.45) is 1.33. The number of hydrogen-bond acceptors (Lipinski definition) is 5. The molecule has 3 rings (SSSR count). The minimum Gasteiger partial charge on any atom is -0.497 e. The van der Waals surface area contributed by atoms with Crippen LogP contribution in [-0.4, -0.2) is 57.6 Å². The molecule has 9 heteroatoms. The van der Waals surface area contributed by atoms with Crippen molar-refractivity contribution in [1.82, 2.24) is 10.2 Å². The lowest BCUT2D eigenvalue weighted by molar-refractivity contribution is -0.140. The van der Waals surface area contributed by atoms with Crippen LogP contribution in [0.3, 0.4) is 0 Å².